The first kappa shape index (κ1) is 17.7. The van der Waals surface area contributed by atoms with E-state index < -0.39 is 5.91 Å². The summed E-state index contributed by atoms with van der Waals surface area (Å²) in [6.45, 7) is 0. The molecule has 0 fully saturated rings. The molecule has 3 rings (SSSR count). The number of carbonyl (C=O) groups excluding carboxylic acids is 1. The quantitative estimate of drug-likeness (QED) is 0.683. The van der Waals surface area contributed by atoms with Crippen LogP contribution in [0.5, 0.6) is 0 Å². The predicted octanol–water partition coefficient (Wildman–Crippen LogP) is 4.65. The Morgan fingerprint density at radius 3 is 2.50 bits per heavy atom. The third kappa shape index (κ3) is 3.91. The lowest BCUT2D eigenvalue weighted by molar-refractivity contribution is 0.102. The Morgan fingerprint density at radius 2 is 1.77 bits per heavy atom. The van der Waals surface area contributed by atoms with Crippen molar-refractivity contribution in [3.63, 3.8) is 0 Å². The maximum atomic E-state index is 12.3. The number of nitrogens with zero attached hydrogens (tertiary/aromatic N) is 3. The summed E-state index contributed by atoms with van der Waals surface area (Å²) in [6, 6.07) is 13.9. The molecule has 0 spiro atoms. The molecule has 128 valence electrons. The van der Waals surface area contributed by atoms with Gasteiger partial charge in [0.1, 0.15) is 17.6 Å². The van der Waals surface area contributed by atoms with Crippen LogP contribution in [0.2, 0.25) is 10.0 Å². The molecule has 2 aromatic carbocycles. The van der Waals surface area contributed by atoms with Crippen LogP contribution in [0.1, 0.15) is 16.1 Å². The van der Waals surface area contributed by atoms with E-state index in [0.717, 1.165) is 0 Å². The summed E-state index contributed by atoms with van der Waals surface area (Å²) in [4.78, 5) is 20.5. The van der Waals surface area contributed by atoms with Crippen molar-refractivity contribution >= 4 is 46.3 Å². The standard InChI is InChI=1S/C18H11Cl2N5O/c19-12-5-3-7-14(17(12)20)24-16-10-22-15(9-23-16)18(26)25-13-6-2-1-4-11(13)8-21/h1-7,9-10H,(H,23,24)(H,25,26). The number of nitriles is 1. The molecule has 0 aliphatic carbocycles. The normalized spacial score (nSPS) is 10.0. The van der Waals surface area contributed by atoms with E-state index in [-0.39, 0.29) is 5.69 Å². The molecule has 0 saturated heterocycles. The highest BCUT2D eigenvalue weighted by Gasteiger charge is 2.11. The van der Waals surface area contributed by atoms with Gasteiger partial charge in [-0.15, -0.1) is 0 Å². The lowest BCUT2D eigenvalue weighted by Crippen LogP contribution is -2.15. The van der Waals surface area contributed by atoms with Gasteiger partial charge in [0.15, 0.2) is 0 Å². The van der Waals surface area contributed by atoms with Gasteiger partial charge >= 0.3 is 0 Å². The topological polar surface area (TPSA) is 90.7 Å². The summed E-state index contributed by atoms with van der Waals surface area (Å²) in [5.74, 6) is -0.0596. The highest BCUT2D eigenvalue weighted by Crippen LogP contribution is 2.31. The molecule has 1 heterocycles. The van der Waals surface area contributed by atoms with Crippen LogP contribution in [0.25, 0.3) is 0 Å². The van der Waals surface area contributed by atoms with Gasteiger partial charge in [-0.1, -0.05) is 41.4 Å². The molecule has 6 nitrogen and oxygen atoms in total. The van der Waals surface area contributed by atoms with E-state index in [1.165, 1.54) is 12.4 Å². The smallest absolute Gasteiger partial charge is 0.275 e. The highest BCUT2D eigenvalue weighted by molar-refractivity contribution is 6.43. The molecule has 2 N–H and O–H groups in total. The summed E-state index contributed by atoms with van der Waals surface area (Å²) in [7, 11) is 0. The summed E-state index contributed by atoms with van der Waals surface area (Å²) in [5, 5.41) is 15.5. The molecule has 26 heavy (non-hydrogen) atoms. The van der Waals surface area contributed by atoms with Crippen molar-refractivity contribution < 1.29 is 4.79 Å². The Bertz CT molecular complexity index is 999. The number of aromatic nitrogens is 2. The number of carbonyl (C=O) groups is 1. The zero-order valence-electron chi connectivity index (χ0n) is 13.2. The molecule has 1 aromatic heterocycles. The number of amides is 1. The third-order valence-corrected chi connectivity index (χ3v) is 4.21. The predicted molar refractivity (Wildman–Crippen MR) is 101 cm³/mol. The molecular formula is C18H11Cl2N5O. The maximum Gasteiger partial charge on any atom is 0.275 e. The lowest BCUT2D eigenvalue weighted by atomic mass is 10.2. The molecule has 0 saturated carbocycles. The summed E-state index contributed by atoms with van der Waals surface area (Å²) in [5.41, 5.74) is 1.46. The Balaban J connectivity index is 1.74. The molecule has 0 aliphatic heterocycles. The average Bonchev–Trinajstić information content (AvgIpc) is 2.66. The van der Waals surface area contributed by atoms with Crippen LogP contribution in [-0.4, -0.2) is 15.9 Å². The molecular weight excluding hydrogens is 373 g/mol. The van der Waals surface area contributed by atoms with Crippen molar-refractivity contribution in [2.75, 3.05) is 10.6 Å². The van der Waals surface area contributed by atoms with E-state index in [2.05, 4.69) is 20.6 Å². The van der Waals surface area contributed by atoms with E-state index in [9.17, 15) is 4.79 Å². The number of hydrogen-bond acceptors (Lipinski definition) is 5. The van der Waals surface area contributed by atoms with E-state index >= 15 is 0 Å². The Kier molecular flexibility index (Phi) is 5.32. The van der Waals surface area contributed by atoms with Gasteiger partial charge in [0.2, 0.25) is 0 Å². The third-order valence-electron chi connectivity index (χ3n) is 3.39. The first-order valence-corrected chi connectivity index (χ1v) is 8.17. The minimum atomic E-state index is -0.465. The van der Waals surface area contributed by atoms with Crippen molar-refractivity contribution in [2.45, 2.75) is 0 Å². The maximum absolute atomic E-state index is 12.3. The van der Waals surface area contributed by atoms with Crippen LogP contribution in [0.3, 0.4) is 0 Å². The summed E-state index contributed by atoms with van der Waals surface area (Å²) < 4.78 is 0. The van der Waals surface area contributed by atoms with Crippen LogP contribution in [-0.2, 0) is 0 Å². The number of halogens is 2. The van der Waals surface area contributed by atoms with E-state index in [4.69, 9.17) is 28.5 Å². The van der Waals surface area contributed by atoms with Crippen LogP contribution in [0.15, 0.2) is 54.9 Å². The van der Waals surface area contributed by atoms with Crippen LogP contribution < -0.4 is 10.6 Å². The summed E-state index contributed by atoms with van der Waals surface area (Å²) >= 11 is 12.1. The number of nitrogens with one attached hydrogen (secondary N) is 2. The summed E-state index contributed by atoms with van der Waals surface area (Å²) in [6.07, 6.45) is 2.73. The largest absolute Gasteiger partial charge is 0.338 e. The van der Waals surface area contributed by atoms with E-state index in [1.54, 1.807) is 42.5 Å². The first-order valence-electron chi connectivity index (χ1n) is 7.42. The molecule has 0 atom stereocenters. The fourth-order valence-electron chi connectivity index (χ4n) is 2.12. The Hall–Kier alpha value is -3.14. The van der Waals surface area contributed by atoms with Crippen molar-refractivity contribution in [2.24, 2.45) is 0 Å². The van der Waals surface area contributed by atoms with Gasteiger partial charge in [-0.25, -0.2) is 9.97 Å². The minimum Gasteiger partial charge on any atom is -0.338 e. The van der Waals surface area contributed by atoms with Crippen LogP contribution in [0, 0.1) is 11.3 Å². The molecule has 0 bridgehead atoms. The van der Waals surface area contributed by atoms with Gasteiger partial charge in [0, 0.05) is 0 Å². The van der Waals surface area contributed by atoms with Gasteiger partial charge in [-0.3, -0.25) is 4.79 Å². The number of rotatable bonds is 4. The van der Waals surface area contributed by atoms with E-state index in [1.807, 2.05) is 6.07 Å². The van der Waals surface area contributed by atoms with Crippen LogP contribution >= 0.6 is 23.2 Å². The Labute approximate surface area is 159 Å². The van der Waals surface area contributed by atoms with Crippen molar-refractivity contribution in [1.29, 1.82) is 5.26 Å². The second-order valence-electron chi connectivity index (χ2n) is 5.12. The fourth-order valence-corrected chi connectivity index (χ4v) is 2.47. The van der Waals surface area contributed by atoms with Gasteiger partial charge < -0.3 is 10.6 Å². The van der Waals surface area contributed by atoms with Gasteiger partial charge in [-0.05, 0) is 24.3 Å². The average molecular weight is 384 g/mol. The first-order chi connectivity index (χ1) is 12.6. The number of hydrogen-bond donors (Lipinski definition) is 2. The molecule has 0 radical (unpaired) electrons. The second kappa shape index (κ2) is 7.83. The zero-order chi connectivity index (χ0) is 18.5. The monoisotopic (exact) mass is 383 g/mol. The molecule has 1 amide bonds. The second-order valence-corrected chi connectivity index (χ2v) is 5.91. The van der Waals surface area contributed by atoms with E-state index in [0.29, 0.717) is 32.8 Å². The van der Waals surface area contributed by atoms with Gasteiger partial charge in [0.05, 0.1) is 39.4 Å². The molecule has 0 unspecified atom stereocenters. The Morgan fingerprint density at radius 1 is 1.00 bits per heavy atom. The van der Waals surface area contributed by atoms with Crippen molar-refractivity contribution in [3.05, 3.63) is 76.2 Å². The fraction of sp³-hybridized carbons (Fsp3) is 0. The lowest BCUT2D eigenvalue weighted by Gasteiger charge is -2.09. The van der Waals surface area contributed by atoms with Crippen molar-refractivity contribution in [3.8, 4) is 6.07 Å². The number of anilines is 3. The highest BCUT2D eigenvalue weighted by atomic mass is 35.5. The van der Waals surface area contributed by atoms with Gasteiger partial charge in [-0.2, -0.15) is 5.26 Å². The number of para-hydroxylation sites is 1. The number of benzene rings is 2. The van der Waals surface area contributed by atoms with Crippen LogP contribution in [0.4, 0.5) is 17.2 Å². The molecule has 3 aromatic rings. The molecule has 8 heteroatoms. The molecule has 0 aliphatic rings. The minimum absolute atomic E-state index is 0.112. The SMILES string of the molecule is N#Cc1ccccc1NC(=O)c1cnc(Nc2cccc(Cl)c2Cl)cn1. The van der Waals surface area contributed by atoms with Gasteiger partial charge in [0.25, 0.3) is 5.91 Å². The zero-order valence-corrected chi connectivity index (χ0v) is 14.7. The van der Waals surface area contributed by atoms with Crippen molar-refractivity contribution in [1.82, 2.24) is 9.97 Å².